The number of imide groups is 1. The molecule has 2 aliphatic heterocycles. The summed E-state index contributed by atoms with van der Waals surface area (Å²) in [5.41, 5.74) is 5.39. The fourth-order valence-corrected chi connectivity index (χ4v) is 10.9. The standard InChI is InChI=1S/C46H35N3O5S/c1-4-54-44(53)36-26(3)47-45-49(40(36)30-17-11-13-27-12-5-6-14-29(27)30)41(50)35(55-45)24-46-33-18-9-7-15-31(33)37(32-16-8-10-19-34(32)46)38-39(46)43(52)48(42(38)51)28-22-20-25(2)21-23-28/h5-24,37-40H,4H2,1-3H3/b35-24+/t37?,38-,39-,40+,46?/m0/s1. The molecule has 270 valence electrons. The van der Waals surface area contributed by atoms with E-state index in [2.05, 4.69) is 12.1 Å². The number of thiazole rings is 1. The van der Waals surface area contributed by atoms with E-state index in [1.165, 1.54) is 16.2 Å². The molecule has 11 rings (SSSR count). The molecule has 6 aromatic rings. The number of anilines is 1. The van der Waals surface area contributed by atoms with E-state index in [9.17, 15) is 9.59 Å². The Morgan fingerprint density at radius 3 is 2.15 bits per heavy atom. The number of amides is 2. The maximum absolute atomic E-state index is 15.2. The number of fused-ring (bicyclic) bond motifs is 2. The van der Waals surface area contributed by atoms with Gasteiger partial charge in [-0.15, -0.1) is 0 Å². The number of rotatable bonds is 5. The molecule has 0 spiro atoms. The van der Waals surface area contributed by atoms with E-state index in [4.69, 9.17) is 9.73 Å². The average molecular weight is 742 g/mol. The van der Waals surface area contributed by atoms with E-state index in [0.29, 0.717) is 26.3 Å². The summed E-state index contributed by atoms with van der Waals surface area (Å²) in [7, 11) is 0. The van der Waals surface area contributed by atoms with Gasteiger partial charge in [0.2, 0.25) is 11.8 Å². The molecule has 1 saturated heterocycles. The summed E-state index contributed by atoms with van der Waals surface area (Å²) in [6, 6.07) is 36.5. The van der Waals surface area contributed by atoms with Crippen molar-refractivity contribution in [1.29, 1.82) is 0 Å². The van der Waals surface area contributed by atoms with E-state index in [1.807, 2.05) is 116 Å². The third kappa shape index (κ3) is 4.53. The SMILES string of the molecule is CCOC(=O)C1=C(C)N=c2s/c(=C/C34c5ccccc5C(c5ccccc53)[C@@H]3C(=O)N(c5ccc(C)cc5)C(=O)[C@H]34)c(=O)n2[C@@H]1c1cccc2ccccc12. The van der Waals surface area contributed by atoms with Gasteiger partial charge in [-0.1, -0.05) is 120 Å². The number of nitrogens with zero attached hydrogens (tertiary/aromatic N) is 3. The van der Waals surface area contributed by atoms with Crippen molar-refractivity contribution in [3.05, 3.63) is 180 Å². The van der Waals surface area contributed by atoms with Gasteiger partial charge in [0, 0.05) is 5.92 Å². The number of benzene rings is 5. The van der Waals surface area contributed by atoms with E-state index < -0.39 is 29.3 Å². The number of carbonyl (C=O) groups excluding carboxylic acids is 3. The average Bonchev–Trinajstić information content (AvgIpc) is 3.65. The predicted octanol–water partition coefficient (Wildman–Crippen LogP) is 6.46. The van der Waals surface area contributed by atoms with Crippen molar-refractivity contribution >= 4 is 51.7 Å². The van der Waals surface area contributed by atoms with Gasteiger partial charge in [-0.3, -0.25) is 19.0 Å². The fourth-order valence-electron chi connectivity index (χ4n) is 9.81. The topological polar surface area (TPSA) is 98.0 Å². The van der Waals surface area contributed by atoms with Crippen molar-refractivity contribution in [2.24, 2.45) is 16.8 Å². The first-order valence-electron chi connectivity index (χ1n) is 18.6. The first-order chi connectivity index (χ1) is 26.7. The number of allylic oxidation sites excluding steroid dienone is 1. The molecule has 0 N–H and O–H groups in total. The zero-order valence-corrected chi connectivity index (χ0v) is 31.2. The van der Waals surface area contributed by atoms with Crippen molar-refractivity contribution < 1.29 is 19.1 Å². The lowest BCUT2D eigenvalue weighted by Gasteiger charge is -2.53. The van der Waals surface area contributed by atoms with Crippen molar-refractivity contribution in [3.63, 3.8) is 0 Å². The first kappa shape index (κ1) is 33.4. The number of aryl methyl sites for hydroxylation is 1. The molecule has 3 heterocycles. The monoisotopic (exact) mass is 741 g/mol. The van der Waals surface area contributed by atoms with Gasteiger partial charge in [-0.2, -0.15) is 0 Å². The van der Waals surface area contributed by atoms with Crippen LogP contribution in [0.2, 0.25) is 0 Å². The lowest BCUT2D eigenvalue weighted by Crippen LogP contribution is -2.53. The molecular weight excluding hydrogens is 707 g/mol. The van der Waals surface area contributed by atoms with Gasteiger partial charge in [0.25, 0.3) is 5.56 Å². The summed E-state index contributed by atoms with van der Waals surface area (Å²) in [5, 5.41) is 1.88. The number of ether oxygens (including phenoxy) is 1. The lowest BCUT2D eigenvalue weighted by atomic mass is 9.47. The first-order valence-corrected chi connectivity index (χ1v) is 19.4. The van der Waals surface area contributed by atoms with E-state index >= 15 is 9.59 Å². The van der Waals surface area contributed by atoms with Crippen LogP contribution in [0.3, 0.4) is 0 Å². The molecule has 1 aromatic heterocycles. The van der Waals surface area contributed by atoms with E-state index in [-0.39, 0.29) is 29.9 Å². The summed E-state index contributed by atoms with van der Waals surface area (Å²) in [4.78, 5) is 65.4. The number of esters is 1. The smallest absolute Gasteiger partial charge is 0.338 e. The Hall–Kier alpha value is -6.19. The third-order valence-electron chi connectivity index (χ3n) is 12.0. The highest BCUT2D eigenvalue weighted by molar-refractivity contribution is 7.07. The van der Waals surface area contributed by atoms with Crippen molar-refractivity contribution in [2.75, 3.05) is 11.5 Å². The molecule has 3 aliphatic carbocycles. The minimum atomic E-state index is -1.16. The molecular formula is C46H35N3O5S. The number of carbonyl (C=O) groups is 3. The Morgan fingerprint density at radius 1 is 0.800 bits per heavy atom. The van der Waals surface area contributed by atoms with Gasteiger partial charge in [-0.25, -0.2) is 14.7 Å². The van der Waals surface area contributed by atoms with Crippen LogP contribution in [0.25, 0.3) is 16.8 Å². The van der Waals surface area contributed by atoms with Gasteiger partial charge in [0.1, 0.15) is 0 Å². The van der Waals surface area contributed by atoms with Crippen LogP contribution in [0, 0.1) is 18.8 Å². The van der Waals surface area contributed by atoms with Crippen LogP contribution >= 0.6 is 11.3 Å². The molecule has 0 unspecified atom stereocenters. The molecule has 5 aromatic carbocycles. The second-order valence-corrected chi connectivity index (χ2v) is 15.8. The highest BCUT2D eigenvalue weighted by atomic mass is 32.1. The second kappa shape index (κ2) is 12.2. The van der Waals surface area contributed by atoms with Crippen molar-refractivity contribution in [3.8, 4) is 0 Å². The quantitative estimate of drug-likeness (QED) is 0.149. The molecule has 8 nitrogen and oxygen atoms in total. The normalized spacial score (nSPS) is 23.7. The van der Waals surface area contributed by atoms with Crippen molar-refractivity contribution in [1.82, 2.24) is 4.57 Å². The number of hydrogen-bond acceptors (Lipinski definition) is 7. The molecule has 5 aliphatic rings. The fraction of sp³-hybridized carbons (Fsp3) is 0.196. The second-order valence-electron chi connectivity index (χ2n) is 14.7. The molecule has 2 amide bonds. The van der Waals surface area contributed by atoms with Crippen LogP contribution in [-0.4, -0.2) is 29.0 Å². The highest BCUT2D eigenvalue weighted by Crippen LogP contribution is 2.65. The maximum Gasteiger partial charge on any atom is 0.338 e. The maximum atomic E-state index is 15.2. The third-order valence-corrected chi connectivity index (χ3v) is 13.0. The number of hydrogen-bond donors (Lipinski definition) is 0. The van der Waals surface area contributed by atoms with Crippen LogP contribution in [0.5, 0.6) is 0 Å². The van der Waals surface area contributed by atoms with Crippen LogP contribution in [-0.2, 0) is 24.5 Å². The van der Waals surface area contributed by atoms with E-state index in [0.717, 1.165) is 44.2 Å². The zero-order chi connectivity index (χ0) is 37.7. The van der Waals surface area contributed by atoms with Gasteiger partial charge in [0.05, 0.1) is 51.4 Å². The molecule has 1 fully saturated rings. The largest absolute Gasteiger partial charge is 0.463 e. The minimum Gasteiger partial charge on any atom is -0.463 e. The van der Waals surface area contributed by atoms with Crippen LogP contribution < -0.4 is 19.8 Å². The van der Waals surface area contributed by atoms with Gasteiger partial charge in [0.15, 0.2) is 4.80 Å². The minimum absolute atomic E-state index is 0.166. The molecule has 2 bridgehead atoms. The van der Waals surface area contributed by atoms with Crippen LogP contribution in [0.1, 0.15) is 59.2 Å². The molecule has 55 heavy (non-hydrogen) atoms. The number of aromatic nitrogens is 1. The van der Waals surface area contributed by atoms with Crippen molar-refractivity contribution in [2.45, 2.75) is 38.1 Å². The zero-order valence-electron chi connectivity index (χ0n) is 30.4. The summed E-state index contributed by atoms with van der Waals surface area (Å²) < 4.78 is 7.57. The Labute approximate surface area is 320 Å². The lowest BCUT2D eigenvalue weighted by molar-refractivity contribution is -0.139. The Morgan fingerprint density at radius 2 is 1.44 bits per heavy atom. The predicted molar refractivity (Wildman–Crippen MR) is 211 cm³/mol. The van der Waals surface area contributed by atoms with E-state index in [1.54, 1.807) is 18.4 Å². The molecule has 0 radical (unpaired) electrons. The Balaban J connectivity index is 1.26. The van der Waals surface area contributed by atoms with Gasteiger partial charge >= 0.3 is 5.97 Å². The summed E-state index contributed by atoms with van der Waals surface area (Å²) >= 11 is 1.24. The molecule has 3 atom stereocenters. The van der Waals surface area contributed by atoms with Gasteiger partial charge < -0.3 is 4.74 Å². The highest BCUT2D eigenvalue weighted by Gasteiger charge is 2.67. The summed E-state index contributed by atoms with van der Waals surface area (Å²) in [6.45, 7) is 5.67. The summed E-state index contributed by atoms with van der Waals surface area (Å²) in [6.07, 6.45) is 1.94. The Kier molecular flexibility index (Phi) is 7.38. The van der Waals surface area contributed by atoms with Crippen LogP contribution in [0.4, 0.5) is 5.69 Å². The molecule has 0 saturated carbocycles. The molecule has 9 heteroatoms. The van der Waals surface area contributed by atoms with Crippen LogP contribution in [0.15, 0.2) is 136 Å². The van der Waals surface area contributed by atoms with Gasteiger partial charge in [-0.05, 0) is 77.6 Å². The summed E-state index contributed by atoms with van der Waals surface area (Å²) in [5.74, 6) is -2.87. The Bertz CT molecular complexity index is 2830.